The summed E-state index contributed by atoms with van der Waals surface area (Å²) >= 11 is 0. The van der Waals surface area contributed by atoms with E-state index < -0.39 is 0 Å². The molecule has 0 fully saturated rings. The molecule has 0 aliphatic heterocycles. The first kappa shape index (κ1) is 13.7. The molecule has 2 aromatic heterocycles. The quantitative estimate of drug-likeness (QED) is 0.898. The van der Waals surface area contributed by atoms with Crippen LogP contribution in [0.25, 0.3) is 11.4 Å². The SMILES string of the molecule is Cc1cc(-c2noc(C(N)C(C)(C)C)n2)cc(C)n1. The van der Waals surface area contributed by atoms with Gasteiger partial charge >= 0.3 is 0 Å². The molecular formula is C14H20N4O. The van der Waals surface area contributed by atoms with Crippen molar-refractivity contribution in [2.75, 3.05) is 0 Å². The molecule has 5 heteroatoms. The van der Waals surface area contributed by atoms with Crippen molar-refractivity contribution < 1.29 is 4.52 Å². The number of nitrogens with zero attached hydrogens (tertiary/aromatic N) is 3. The molecule has 0 amide bonds. The van der Waals surface area contributed by atoms with E-state index in [1.807, 2.05) is 46.8 Å². The number of aromatic nitrogens is 3. The minimum Gasteiger partial charge on any atom is -0.337 e. The van der Waals surface area contributed by atoms with Crippen LogP contribution in [0.5, 0.6) is 0 Å². The third kappa shape index (κ3) is 2.98. The van der Waals surface area contributed by atoms with Gasteiger partial charge < -0.3 is 10.3 Å². The smallest absolute Gasteiger partial charge is 0.244 e. The largest absolute Gasteiger partial charge is 0.337 e. The van der Waals surface area contributed by atoms with Gasteiger partial charge in [0.1, 0.15) is 0 Å². The monoisotopic (exact) mass is 260 g/mol. The molecule has 2 rings (SSSR count). The van der Waals surface area contributed by atoms with Gasteiger partial charge in [0.25, 0.3) is 0 Å². The molecule has 0 saturated heterocycles. The van der Waals surface area contributed by atoms with Crippen LogP contribution in [0.3, 0.4) is 0 Å². The van der Waals surface area contributed by atoms with Crippen molar-refractivity contribution in [1.82, 2.24) is 15.1 Å². The molecule has 2 heterocycles. The predicted octanol–water partition coefficient (Wildman–Crippen LogP) is 2.79. The van der Waals surface area contributed by atoms with Crippen LogP contribution in [-0.4, -0.2) is 15.1 Å². The van der Waals surface area contributed by atoms with Crippen molar-refractivity contribution in [2.45, 2.75) is 40.7 Å². The van der Waals surface area contributed by atoms with Crippen molar-refractivity contribution in [1.29, 1.82) is 0 Å². The van der Waals surface area contributed by atoms with Crippen LogP contribution >= 0.6 is 0 Å². The van der Waals surface area contributed by atoms with Crippen LogP contribution in [0.1, 0.15) is 44.1 Å². The Hall–Kier alpha value is -1.75. The lowest BCUT2D eigenvalue weighted by molar-refractivity contribution is 0.253. The number of hydrogen-bond acceptors (Lipinski definition) is 5. The molecule has 102 valence electrons. The number of rotatable bonds is 2. The summed E-state index contributed by atoms with van der Waals surface area (Å²) in [6.45, 7) is 10.0. The van der Waals surface area contributed by atoms with Crippen molar-refractivity contribution >= 4 is 0 Å². The van der Waals surface area contributed by atoms with Gasteiger partial charge in [0.15, 0.2) is 0 Å². The Balaban J connectivity index is 2.36. The first-order valence-electron chi connectivity index (χ1n) is 6.32. The Bertz CT molecular complexity index is 563. The second-order valence-electron chi connectivity index (χ2n) is 5.94. The highest BCUT2D eigenvalue weighted by Gasteiger charge is 2.27. The fraction of sp³-hybridized carbons (Fsp3) is 0.500. The topological polar surface area (TPSA) is 77.8 Å². The van der Waals surface area contributed by atoms with Gasteiger partial charge in [0, 0.05) is 17.0 Å². The van der Waals surface area contributed by atoms with E-state index in [9.17, 15) is 0 Å². The molecule has 0 bridgehead atoms. The van der Waals surface area contributed by atoms with Gasteiger partial charge in [-0.05, 0) is 31.4 Å². The Labute approximate surface area is 113 Å². The Kier molecular flexibility index (Phi) is 3.41. The second kappa shape index (κ2) is 4.74. The van der Waals surface area contributed by atoms with Crippen molar-refractivity contribution in [3.63, 3.8) is 0 Å². The Morgan fingerprint density at radius 3 is 2.21 bits per heavy atom. The summed E-state index contributed by atoms with van der Waals surface area (Å²) in [4.78, 5) is 8.73. The molecule has 0 saturated carbocycles. The van der Waals surface area contributed by atoms with E-state index in [0.717, 1.165) is 17.0 Å². The summed E-state index contributed by atoms with van der Waals surface area (Å²) in [5.74, 6) is 1.03. The zero-order valence-corrected chi connectivity index (χ0v) is 12.1. The molecule has 0 radical (unpaired) electrons. The molecule has 2 aromatic rings. The van der Waals surface area contributed by atoms with E-state index >= 15 is 0 Å². The highest BCUT2D eigenvalue weighted by molar-refractivity contribution is 5.55. The average Bonchev–Trinajstić information content (AvgIpc) is 2.74. The highest BCUT2D eigenvalue weighted by atomic mass is 16.5. The van der Waals surface area contributed by atoms with Crippen LogP contribution in [0.15, 0.2) is 16.7 Å². The summed E-state index contributed by atoms with van der Waals surface area (Å²) < 4.78 is 5.28. The second-order valence-corrected chi connectivity index (χ2v) is 5.94. The number of pyridine rings is 1. The zero-order chi connectivity index (χ0) is 14.2. The molecule has 0 spiro atoms. The molecule has 0 aliphatic carbocycles. The zero-order valence-electron chi connectivity index (χ0n) is 12.1. The summed E-state index contributed by atoms with van der Waals surface area (Å²) in [5.41, 5.74) is 8.77. The first-order chi connectivity index (χ1) is 8.77. The van der Waals surface area contributed by atoms with Crippen LogP contribution in [0, 0.1) is 19.3 Å². The number of hydrogen-bond donors (Lipinski definition) is 1. The molecule has 1 unspecified atom stereocenters. The maximum atomic E-state index is 6.11. The van der Waals surface area contributed by atoms with Gasteiger partial charge in [-0.2, -0.15) is 4.98 Å². The Morgan fingerprint density at radius 1 is 1.11 bits per heavy atom. The van der Waals surface area contributed by atoms with Gasteiger partial charge in [-0.15, -0.1) is 0 Å². The van der Waals surface area contributed by atoms with E-state index in [0.29, 0.717) is 11.7 Å². The predicted molar refractivity (Wildman–Crippen MR) is 73.4 cm³/mol. The fourth-order valence-corrected chi connectivity index (χ4v) is 1.81. The average molecular weight is 260 g/mol. The van der Waals surface area contributed by atoms with Crippen molar-refractivity contribution in [3.05, 3.63) is 29.4 Å². The highest BCUT2D eigenvalue weighted by Crippen LogP contribution is 2.30. The maximum absolute atomic E-state index is 6.11. The summed E-state index contributed by atoms with van der Waals surface area (Å²) in [5, 5.41) is 4.01. The van der Waals surface area contributed by atoms with E-state index in [1.165, 1.54) is 0 Å². The van der Waals surface area contributed by atoms with Crippen LogP contribution in [-0.2, 0) is 0 Å². The molecule has 1 atom stereocenters. The normalized spacial score (nSPS) is 13.6. The van der Waals surface area contributed by atoms with E-state index in [1.54, 1.807) is 0 Å². The van der Waals surface area contributed by atoms with Gasteiger partial charge in [0.2, 0.25) is 11.7 Å². The lowest BCUT2D eigenvalue weighted by Gasteiger charge is -2.23. The molecule has 5 nitrogen and oxygen atoms in total. The van der Waals surface area contributed by atoms with Gasteiger partial charge in [0.05, 0.1) is 6.04 Å². The lowest BCUT2D eigenvalue weighted by atomic mass is 9.87. The molecule has 0 aliphatic rings. The van der Waals surface area contributed by atoms with Gasteiger partial charge in [-0.3, -0.25) is 4.98 Å². The van der Waals surface area contributed by atoms with Crippen molar-refractivity contribution in [3.8, 4) is 11.4 Å². The van der Waals surface area contributed by atoms with E-state index in [2.05, 4.69) is 15.1 Å². The molecule has 19 heavy (non-hydrogen) atoms. The first-order valence-corrected chi connectivity index (χ1v) is 6.32. The minimum absolute atomic E-state index is 0.117. The molecule has 0 aromatic carbocycles. The summed E-state index contributed by atoms with van der Waals surface area (Å²) in [6, 6.07) is 3.59. The molecule has 2 N–H and O–H groups in total. The van der Waals surface area contributed by atoms with Crippen LogP contribution in [0.2, 0.25) is 0 Å². The van der Waals surface area contributed by atoms with Crippen molar-refractivity contribution in [2.24, 2.45) is 11.1 Å². The maximum Gasteiger partial charge on any atom is 0.244 e. The standard InChI is InChI=1S/C14H20N4O/c1-8-6-10(7-9(2)16-8)12-17-13(19-18-12)11(15)14(3,4)5/h6-7,11H,15H2,1-5H3. The summed E-state index contributed by atoms with van der Waals surface area (Å²) in [7, 11) is 0. The van der Waals surface area contributed by atoms with Crippen LogP contribution in [0.4, 0.5) is 0 Å². The Morgan fingerprint density at radius 2 is 1.68 bits per heavy atom. The lowest BCUT2D eigenvalue weighted by Crippen LogP contribution is -2.26. The fourth-order valence-electron chi connectivity index (χ4n) is 1.81. The number of aryl methyl sites for hydroxylation is 2. The van der Waals surface area contributed by atoms with Crippen LogP contribution < -0.4 is 5.73 Å². The van der Waals surface area contributed by atoms with E-state index in [4.69, 9.17) is 10.3 Å². The van der Waals surface area contributed by atoms with Gasteiger partial charge in [-0.1, -0.05) is 25.9 Å². The summed E-state index contributed by atoms with van der Waals surface area (Å²) in [6.07, 6.45) is 0. The molecular weight excluding hydrogens is 240 g/mol. The number of nitrogens with two attached hydrogens (primary N) is 1. The van der Waals surface area contributed by atoms with Gasteiger partial charge in [-0.25, -0.2) is 0 Å². The van der Waals surface area contributed by atoms with E-state index in [-0.39, 0.29) is 11.5 Å². The third-order valence-corrected chi connectivity index (χ3v) is 2.98. The minimum atomic E-state index is -0.280. The third-order valence-electron chi connectivity index (χ3n) is 2.98.